The normalized spacial score (nSPS) is 16.5. The van der Waals surface area contributed by atoms with Crippen LogP contribution in [-0.4, -0.2) is 42.3 Å². The molecule has 0 bridgehead atoms. The number of likely N-dealkylation sites (N-methyl/N-ethyl adjacent to an activating group) is 1. The summed E-state index contributed by atoms with van der Waals surface area (Å²) in [6.07, 6.45) is 0.894. The Hall–Kier alpha value is -1.84. The van der Waals surface area contributed by atoms with Gasteiger partial charge in [0.25, 0.3) is 0 Å². The molecule has 1 atom stereocenters. The number of halogens is 1. The number of hydrogen-bond acceptors (Lipinski definition) is 3. The van der Waals surface area contributed by atoms with Crippen LogP contribution in [0.1, 0.15) is 34.7 Å². The van der Waals surface area contributed by atoms with Crippen molar-refractivity contribution in [3.63, 3.8) is 0 Å². The third-order valence-electron chi connectivity index (χ3n) is 5.17. The molecule has 0 amide bonds. The highest BCUT2D eigenvalue weighted by atomic mass is 35.5. The molecule has 0 radical (unpaired) electrons. The number of fused-ring (bicyclic) bond motifs is 2. The van der Waals surface area contributed by atoms with Crippen molar-refractivity contribution in [3.8, 4) is 0 Å². The molecule has 4 rings (SSSR count). The van der Waals surface area contributed by atoms with Crippen molar-refractivity contribution in [2.75, 3.05) is 20.6 Å². The Kier molecular flexibility index (Phi) is 3.86. The predicted octanol–water partition coefficient (Wildman–Crippen LogP) is 3.76. The van der Waals surface area contributed by atoms with Crippen LogP contribution in [0.25, 0.3) is 0 Å². The summed E-state index contributed by atoms with van der Waals surface area (Å²) in [4.78, 5) is 2.23. The smallest absolute Gasteiger partial charge is 0.0986 e. The third-order valence-corrected chi connectivity index (χ3v) is 5.52. The second kappa shape index (κ2) is 5.91. The molecule has 2 aromatic carbocycles. The van der Waals surface area contributed by atoms with Crippen LogP contribution in [0.5, 0.6) is 0 Å². The zero-order chi connectivity index (χ0) is 16.8. The van der Waals surface area contributed by atoms with Gasteiger partial charge in [-0.05, 0) is 43.8 Å². The second-order valence-electron chi connectivity index (χ2n) is 7.00. The minimum atomic E-state index is 0.446. The van der Waals surface area contributed by atoms with Crippen LogP contribution in [0.3, 0.4) is 0 Å². The Balaban J connectivity index is 1.83. The van der Waals surface area contributed by atoms with E-state index in [1.807, 2.05) is 6.07 Å². The van der Waals surface area contributed by atoms with Crippen LogP contribution < -0.4 is 0 Å². The number of hydrogen-bond donors (Lipinski definition) is 0. The van der Waals surface area contributed by atoms with E-state index < -0.39 is 0 Å². The van der Waals surface area contributed by atoms with Gasteiger partial charge in [0.15, 0.2) is 0 Å². The van der Waals surface area contributed by atoms with Crippen molar-refractivity contribution < 1.29 is 0 Å². The van der Waals surface area contributed by atoms with Gasteiger partial charge in [-0.1, -0.05) is 41.9 Å². The fraction of sp³-hybridized carbons (Fsp3) is 0.350. The highest BCUT2D eigenvalue weighted by Crippen LogP contribution is 2.37. The van der Waals surface area contributed by atoms with Gasteiger partial charge in [0.05, 0.1) is 18.8 Å². The number of nitrogens with zero attached hydrogens (tertiary/aromatic N) is 3. The molecule has 2 aliphatic rings. The molecule has 1 heterocycles. The van der Waals surface area contributed by atoms with E-state index >= 15 is 0 Å². The van der Waals surface area contributed by atoms with Gasteiger partial charge >= 0.3 is 0 Å². The van der Waals surface area contributed by atoms with Crippen LogP contribution >= 0.6 is 11.6 Å². The van der Waals surface area contributed by atoms with Crippen LogP contribution in [-0.2, 0) is 13.0 Å². The van der Waals surface area contributed by atoms with Gasteiger partial charge in [-0.2, -0.15) is 5.10 Å². The van der Waals surface area contributed by atoms with Gasteiger partial charge in [-0.15, -0.1) is 0 Å². The van der Waals surface area contributed by atoms with E-state index in [4.69, 9.17) is 16.7 Å². The van der Waals surface area contributed by atoms with Crippen molar-refractivity contribution >= 4 is 17.3 Å². The minimum Gasteiger partial charge on any atom is -0.305 e. The van der Waals surface area contributed by atoms with Gasteiger partial charge in [0.2, 0.25) is 0 Å². The highest BCUT2D eigenvalue weighted by molar-refractivity contribution is 6.32. The Morgan fingerprint density at radius 2 is 1.96 bits per heavy atom. The highest BCUT2D eigenvalue weighted by Gasteiger charge is 2.30. The quantitative estimate of drug-likeness (QED) is 0.723. The van der Waals surface area contributed by atoms with Gasteiger partial charge in [0, 0.05) is 28.6 Å². The molecular formula is C20H22ClN3. The lowest BCUT2D eigenvalue weighted by Crippen LogP contribution is -2.39. The fourth-order valence-corrected chi connectivity index (χ4v) is 3.78. The van der Waals surface area contributed by atoms with E-state index in [-0.39, 0.29) is 0 Å². The summed E-state index contributed by atoms with van der Waals surface area (Å²) in [5.41, 5.74) is 7.46. The summed E-state index contributed by atoms with van der Waals surface area (Å²) >= 11 is 6.51. The molecule has 1 aliphatic carbocycles. The molecule has 2 aromatic rings. The molecule has 0 N–H and O–H groups in total. The molecule has 4 heteroatoms. The average molecular weight is 340 g/mol. The number of rotatable bonds is 3. The Morgan fingerprint density at radius 3 is 2.75 bits per heavy atom. The van der Waals surface area contributed by atoms with Gasteiger partial charge in [-0.3, -0.25) is 5.01 Å². The first kappa shape index (κ1) is 15.7. The zero-order valence-electron chi connectivity index (χ0n) is 14.4. The van der Waals surface area contributed by atoms with Crippen LogP contribution in [0, 0.1) is 0 Å². The third kappa shape index (κ3) is 2.52. The Morgan fingerprint density at radius 1 is 1.17 bits per heavy atom. The lowest BCUT2D eigenvalue weighted by Gasteiger charge is -2.35. The second-order valence-corrected chi connectivity index (χ2v) is 7.41. The molecule has 124 valence electrons. The van der Waals surface area contributed by atoms with Crippen LogP contribution in [0.4, 0.5) is 0 Å². The maximum absolute atomic E-state index is 6.51. The fourth-order valence-electron chi connectivity index (χ4n) is 3.55. The molecule has 0 aromatic heterocycles. The SMILES string of the molecule is CC(CN1Cc2ccc(Cl)c3c2C(=N1)c1ccccc1C3)N(C)C. The van der Waals surface area contributed by atoms with Gasteiger partial charge < -0.3 is 4.90 Å². The maximum Gasteiger partial charge on any atom is 0.0986 e. The van der Waals surface area contributed by atoms with E-state index in [0.29, 0.717) is 6.04 Å². The average Bonchev–Trinajstić information content (AvgIpc) is 2.57. The largest absolute Gasteiger partial charge is 0.305 e. The first-order chi connectivity index (χ1) is 11.5. The van der Waals surface area contributed by atoms with Crippen molar-refractivity contribution in [2.45, 2.75) is 25.9 Å². The first-order valence-corrected chi connectivity index (χ1v) is 8.81. The molecular weight excluding hydrogens is 318 g/mol. The summed E-state index contributed by atoms with van der Waals surface area (Å²) in [6, 6.07) is 13.2. The summed E-state index contributed by atoms with van der Waals surface area (Å²) in [5.74, 6) is 0. The van der Waals surface area contributed by atoms with Crippen molar-refractivity contribution in [2.24, 2.45) is 5.10 Å². The topological polar surface area (TPSA) is 18.8 Å². The molecule has 1 aliphatic heterocycles. The molecule has 0 saturated heterocycles. The Bertz CT molecular complexity index is 826. The molecule has 0 saturated carbocycles. The summed E-state index contributed by atoms with van der Waals surface area (Å²) in [5, 5.41) is 8.07. The summed E-state index contributed by atoms with van der Waals surface area (Å²) in [6.45, 7) is 4.00. The monoisotopic (exact) mass is 339 g/mol. The lowest BCUT2D eigenvalue weighted by molar-refractivity contribution is 0.190. The van der Waals surface area contributed by atoms with Gasteiger partial charge in [-0.25, -0.2) is 0 Å². The number of hydrazone groups is 1. The number of benzene rings is 2. The summed E-state index contributed by atoms with van der Waals surface area (Å²) < 4.78 is 0. The Labute approximate surface area is 148 Å². The lowest BCUT2D eigenvalue weighted by atomic mass is 9.81. The standard InChI is InChI=1S/C20H22ClN3/c1-13(23(2)3)11-24-12-15-8-9-18(21)17-10-14-6-4-5-7-16(14)20(22-24)19(15)17/h4-9,13H,10-12H2,1-3H3. The molecule has 24 heavy (non-hydrogen) atoms. The van der Waals surface area contributed by atoms with Crippen molar-refractivity contribution in [1.82, 2.24) is 9.91 Å². The van der Waals surface area contributed by atoms with Crippen molar-refractivity contribution in [3.05, 3.63) is 69.2 Å². The van der Waals surface area contributed by atoms with Crippen LogP contribution in [0.2, 0.25) is 5.02 Å². The molecule has 1 unspecified atom stereocenters. The van der Waals surface area contributed by atoms with E-state index in [2.05, 4.69) is 61.3 Å². The van der Waals surface area contributed by atoms with E-state index in [1.165, 1.54) is 27.8 Å². The van der Waals surface area contributed by atoms with Crippen molar-refractivity contribution in [1.29, 1.82) is 0 Å². The van der Waals surface area contributed by atoms with E-state index in [0.717, 1.165) is 30.2 Å². The first-order valence-electron chi connectivity index (χ1n) is 8.43. The van der Waals surface area contributed by atoms with Crippen LogP contribution in [0.15, 0.2) is 41.5 Å². The zero-order valence-corrected chi connectivity index (χ0v) is 15.1. The minimum absolute atomic E-state index is 0.446. The van der Waals surface area contributed by atoms with E-state index in [9.17, 15) is 0 Å². The molecule has 0 fully saturated rings. The predicted molar refractivity (Wildman–Crippen MR) is 99.9 cm³/mol. The maximum atomic E-state index is 6.51. The van der Waals surface area contributed by atoms with Gasteiger partial charge in [0.1, 0.15) is 0 Å². The van der Waals surface area contributed by atoms with E-state index in [1.54, 1.807) is 0 Å². The summed E-state index contributed by atoms with van der Waals surface area (Å²) in [7, 11) is 4.23. The molecule has 3 nitrogen and oxygen atoms in total. The molecule has 0 spiro atoms.